The van der Waals surface area contributed by atoms with Crippen molar-refractivity contribution in [3.63, 3.8) is 0 Å². The van der Waals surface area contributed by atoms with Crippen molar-refractivity contribution in [3.05, 3.63) is 363 Å². The second-order valence-electron chi connectivity index (χ2n) is 23.8. The van der Waals surface area contributed by atoms with Gasteiger partial charge in [-0.1, -0.05) is 212 Å². The van der Waals surface area contributed by atoms with E-state index in [0.717, 1.165) is 123 Å². The van der Waals surface area contributed by atoms with E-state index in [2.05, 4.69) is 156 Å². The number of alkyl halides is 1. The van der Waals surface area contributed by atoms with Crippen molar-refractivity contribution in [1.29, 1.82) is 0 Å². The molecular formula is C82H60F6N2. The second-order valence-corrected chi connectivity index (χ2v) is 23.8. The quantitative estimate of drug-likeness (QED) is 0.0839. The van der Waals surface area contributed by atoms with E-state index in [-0.39, 0.29) is 5.69 Å². The molecule has 3 aliphatic rings. The predicted molar refractivity (Wildman–Crippen MR) is 356 cm³/mol. The van der Waals surface area contributed by atoms with E-state index in [4.69, 9.17) is 0 Å². The third-order valence-corrected chi connectivity index (χ3v) is 18.7. The first-order chi connectivity index (χ1) is 43.6. The van der Waals surface area contributed by atoms with E-state index in [1.807, 2.05) is 115 Å². The van der Waals surface area contributed by atoms with Crippen LogP contribution in [0, 0.1) is 45.1 Å². The zero-order valence-electron chi connectivity index (χ0n) is 50.0. The van der Waals surface area contributed by atoms with Gasteiger partial charge in [0.25, 0.3) is 0 Å². The van der Waals surface area contributed by atoms with Crippen LogP contribution in [0.15, 0.2) is 267 Å². The monoisotopic (exact) mass is 1190 g/mol. The minimum absolute atomic E-state index is 0.199. The van der Waals surface area contributed by atoms with Crippen molar-refractivity contribution in [1.82, 2.24) is 0 Å². The number of hydrogen-bond acceptors (Lipinski definition) is 2. The fraction of sp³-hybridized carbons (Fsp3) is 0.0976. The molecule has 2 nitrogen and oxygen atoms in total. The van der Waals surface area contributed by atoms with Crippen LogP contribution in [0.25, 0.3) is 45.5 Å². The minimum atomic E-state index is -2.35. The lowest BCUT2D eigenvalue weighted by molar-refractivity contribution is 0.286. The zero-order chi connectivity index (χ0) is 62.3. The molecule has 11 aromatic carbocycles. The Kier molecular flexibility index (Phi) is 14.2. The molecular weight excluding hydrogens is 1130 g/mol. The normalized spacial score (nSPS) is 17.8. The van der Waals surface area contributed by atoms with Crippen molar-refractivity contribution < 1.29 is 26.3 Å². The van der Waals surface area contributed by atoms with Crippen LogP contribution in [-0.4, -0.2) is 12.2 Å². The Hall–Kier alpha value is -10.4. The van der Waals surface area contributed by atoms with E-state index in [1.165, 1.54) is 12.1 Å². The molecule has 90 heavy (non-hydrogen) atoms. The SMILES string of the molecule is C=Cc1ccc(C2(c3cc(C)ccc3C)c3ccccc3-c3ccc(N(c4ccc(-c5ccc(N(c6ccc7c(c6)C(c6ccc(C=C)cc6)(c6cc(C)ccc6C)c6ccccc6-7)C6C=CC(F)=C(F)C6F)cc5)cc4)c4ccc(F)c(F)c4F)cc32)cc1. The molecule has 440 valence electrons. The summed E-state index contributed by atoms with van der Waals surface area (Å²) in [6.45, 7) is 16.4. The van der Waals surface area contributed by atoms with Crippen LogP contribution in [-0.2, 0) is 10.8 Å². The third kappa shape index (κ3) is 8.94. The number of anilines is 5. The van der Waals surface area contributed by atoms with E-state index in [9.17, 15) is 8.78 Å². The molecule has 4 atom stereocenters. The van der Waals surface area contributed by atoms with Crippen LogP contribution < -0.4 is 9.80 Å². The number of nitrogens with zero attached hydrogens (tertiary/aromatic N) is 2. The molecule has 11 aromatic rings. The van der Waals surface area contributed by atoms with Gasteiger partial charge in [-0.05, 0) is 195 Å². The molecule has 0 amide bonds. The molecule has 0 fully saturated rings. The van der Waals surface area contributed by atoms with Crippen molar-refractivity contribution in [2.24, 2.45) is 0 Å². The molecule has 0 aromatic heterocycles. The van der Waals surface area contributed by atoms with E-state index >= 15 is 17.6 Å². The lowest BCUT2D eigenvalue weighted by Gasteiger charge is -2.38. The molecule has 0 bridgehead atoms. The van der Waals surface area contributed by atoms with Gasteiger partial charge in [-0.25, -0.2) is 26.3 Å². The molecule has 0 aliphatic heterocycles. The second kappa shape index (κ2) is 22.3. The molecule has 3 aliphatic carbocycles. The number of halogens is 6. The first-order valence-electron chi connectivity index (χ1n) is 30.1. The summed E-state index contributed by atoms with van der Waals surface area (Å²) in [7, 11) is 0. The summed E-state index contributed by atoms with van der Waals surface area (Å²) < 4.78 is 94.6. The highest BCUT2D eigenvalue weighted by Crippen LogP contribution is 2.60. The number of allylic oxidation sites excluding steroid dienone is 2. The lowest BCUT2D eigenvalue weighted by atomic mass is 9.66. The molecule has 0 saturated carbocycles. The minimum Gasteiger partial charge on any atom is -0.331 e. The first kappa shape index (κ1) is 57.3. The van der Waals surface area contributed by atoms with Crippen LogP contribution >= 0.6 is 0 Å². The Morgan fingerprint density at radius 2 is 0.867 bits per heavy atom. The van der Waals surface area contributed by atoms with Crippen LogP contribution in [0.3, 0.4) is 0 Å². The standard InChI is InChI=1S/C82H60F6N2/c1-7-53-21-29-57(30-22-53)81(69-45-49(3)17-19-51(69)5)67-15-11-9-13-63(67)65-39-37-61(47-71(65)81)89(75-43-41-73(83)77(85)79(75)87)59-33-25-55(26-34-59)56-27-35-60(36-28-56)90(76-44-42-74(84)78(86)80(76)88)62-38-40-66-64-14-10-12-16-68(64)82(72(66)48-62,58-31-23-54(8-2)24-32-58)70-46-50(4)18-20-52(70)6/h7-48,75,79H,1-2H2,3-6H3. The van der Waals surface area contributed by atoms with Gasteiger partial charge in [0.05, 0.1) is 22.6 Å². The Balaban J connectivity index is 0.888. The molecule has 14 rings (SSSR count). The number of rotatable bonds is 13. The van der Waals surface area contributed by atoms with Gasteiger partial charge in [-0.3, -0.25) is 0 Å². The van der Waals surface area contributed by atoms with Crippen molar-refractivity contribution in [3.8, 4) is 33.4 Å². The number of hydrogen-bond donors (Lipinski definition) is 0. The summed E-state index contributed by atoms with van der Waals surface area (Å²) in [6, 6.07) is 74.1. The highest BCUT2D eigenvalue weighted by molar-refractivity contribution is 5.92. The lowest BCUT2D eigenvalue weighted by Crippen LogP contribution is -2.39. The molecule has 8 heteroatoms. The van der Waals surface area contributed by atoms with Gasteiger partial charge in [0, 0.05) is 22.7 Å². The summed E-state index contributed by atoms with van der Waals surface area (Å²) >= 11 is 0. The van der Waals surface area contributed by atoms with E-state index < -0.39 is 52.1 Å². The van der Waals surface area contributed by atoms with E-state index in [0.29, 0.717) is 22.7 Å². The number of aryl methyl sites for hydroxylation is 4. The summed E-state index contributed by atoms with van der Waals surface area (Å²) in [5.41, 5.74) is 20.1. The van der Waals surface area contributed by atoms with Crippen molar-refractivity contribution >= 4 is 40.6 Å². The Morgan fingerprint density at radius 3 is 1.38 bits per heavy atom. The topological polar surface area (TPSA) is 6.48 Å². The van der Waals surface area contributed by atoms with E-state index in [1.54, 1.807) is 9.80 Å². The summed E-state index contributed by atoms with van der Waals surface area (Å²) in [6.07, 6.45) is 3.64. The molecule has 0 spiro atoms. The van der Waals surface area contributed by atoms with Gasteiger partial charge >= 0.3 is 0 Å². The van der Waals surface area contributed by atoms with Crippen LogP contribution in [0.2, 0.25) is 0 Å². The van der Waals surface area contributed by atoms with Crippen LogP contribution in [0.1, 0.15) is 77.9 Å². The highest BCUT2D eigenvalue weighted by atomic mass is 19.2. The Bertz CT molecular complexity index is 4770. The Morgan fingerprint density at radius 1 is 0.411 bits per heavy atom. The molecule has 0 saturated heterocycles. The van der Waals surface area contributed by atoms with Gasteiger partial charge in [-0.15, -0.1) is 0 Å². The van der Waals surface area contributed by atoms with Gasteiger partial charge in [0.1, 0.15) is 0 Å². The third-order valence-electron chi connectivity index (χ3n) is 18.7. The maximum atomic E-state index is 16.7. The average Bonchev–Trinajstić information content (AvgIpc) is 1.52. The maximum Gasteiger partial charge on any atom is 0.196 e. The smallest absolute Gasteiger partial charge is 0.196 e. The maximum absolute atomic E-state index is 16.7. The number of benzene rings is 11. The van der Waals surface area contributed by atoms with Crippen molar-refractivity contribution in [2.45, 2.75) is 50.7 Å². The fourth-order valence-electron chi connectivity index (χ4n) is 14.4. The van der Waals surface area contributed by atoms with Gasteiger partial charge in [0.2, 0.25) is 0 Å². The highest BCUT2D eigenvalue weighted by Gasteiger charge is 2.49. The molecule has 4 unspecified atom stereocenters. The van der Waals surface area contributed by atoms with Crippen LogP contribution in [0.5, 0.6) is 0 Å². The molecule has 0 heterocycles. The first-order valence-corrected chi connectivity index (χ1v) is 30.1. The van der Waals surface area contributed by atoms with Crippen LogP contribution in [0.4, 0.5) is 54.8 Å². The van der Waals surface area contributed by atoms with Gasteiger partial charge in [-0.2, -0.15) is 0 Å². The molecule has 0 N–H and O–H groups in total. The van der Waals surface area contributed by atoms with Crippen molar-refractivity contribution in [2.75, 3.05) is 9.80 Å². The van der Waals surface area contributed by atoms with Gasteiger partial charge < -0.3 is 9.80 Å². The average molecular weight is 1190 g/mol. The molecule has 0 radical (unpaired) electrons. The summed E-state index contributed by atoms with van der Waals surface area (Å²) in [4.78, 5) is 3.34. The number of fused-ring (bicyclic) bond motifs is 6. The Labute approximate surface area is 521 Å². The fourth-order valence-corrected chi connectivity index (χ4v) is 14.4. The predicted octanol–water partition coefficient (Wildman–Crippen LogP) is 22.1. The van der Waals surface area contributed by atoms with Gasteiger partial charge in [0.15, 0.2) is 35.3 Å². The summed E-state index contributed by atoms with van der Waals surface area (Å²) in [5.74, 6) is -7.00. The zero-order valence-corrected chi connectivity index (χ0v) is 50.0. The largest absolute Gasteiger partial charge is 0.331 e. The summed E-state index contributed by atoms with van der Waals surface area (Å²) in [5, 5.41) is 0.